The van der Waals surface area contributed by atoms with Crippen molar-refractivity contribution in [2.75, 3.05) is 7.05 Å². The fourth-order valence-electron chi connectivity index (χ4n) is 1.73. The molecule has 0 spiro atoms. The van der Waals surface area contributed by atoms with E-state index in [0.29, 0.717) is 17.9 Å². The molecule has 0 radical (unpaired) electrons. The molecule has 2 aromatic rings. The summed E-state index contributed by atoms with van der Waals surface area (Å²) in [5, 5.41) is 12.2. The summed E-state index contributed by atoms with van der Waals surface area (Å²) in [6.45, 7) is 0.714. The molecular formula is C15H13BrN2O. The van der Waals surface area contributed by atoms with Crippen LogP contribution >= 0.6 is 15.9 Å². The maximum Gasteiger partial charge on any atom is 0.146 e. The van der Waals surface area contributed by atoms with Gasteiger partial charge in [-0.05, 0) is 31.3 Å². The maximum absolute atomic E-state index is 9.10. The number of nitrogens with zero attached hydrogens (tertiary/aromatic N) is 1. The molecule has 0 aliphatic heterocycles. The van der Waals surface area contributed by atoms with E-state index in [-0.39, 0.29) is 0 Å². The van der Waals surface area contributed by atoms with E-state index in [1.54, 1.807) is 12.1 Å². The number of benzene rings is 2. The number of rotatable bonds is 4. The van der Waals surface area contributed by atoms with Gasteiger partial charge in [0.05, 0.1) is 5.56 Å². The van der Waals surface area contributed by atoms with E-state index in [1.165, 1.54) is 0 Å². The molecule has 0 saturated carbocycles. The van der Waals surface area contributed by atoms with Gasteiger partial charge in [0.2, 0.25) is 0 Å². The summed E-state index contributed by atoms with van der Waals surface area (Å²) in [6, 6.07) is 15.3. The van der Waals surface area contributed by atoms with Crippen LogP contribution in [0.25, 0.3) is 0 Å². The molecule has 0 aliphatic carbocycles. The van der Waals surface area contributed by atoms with Gasteiger partial charge in [0, 0.05) is 16.6 Å². The summed E-state index contributed by atoms with van der Waals surface area (Å²) in [6.07, 6.45) is 0. The fraction of sp³-hybridized carbons (Fsp3) is 0.133. The Bertz CT molecular complexity index is 620. The minimum absolute atomic E-state index is 0.516. The monoisotopic (exact) mass is 316 g/mol. The standard InChI is InChI=1S/C15H13BrN2O/c1-18-10-12-4-2-3-5-14(12)19-15-8-13(16)7-6-11(15)9-17/h2-8,18H,10H2,1H3. The highest BCUT2D eigenvalue weighted by Crippen LogP contribution is 2.30. The molecule has 0 aliphatic rings. The zero-order chi connectivity index (χ0) is 13.7. The van der Waals surface area contributed by atoms with Crippen molar-refractivity contribution in [3.05, 3.63) is 58.1 Å². The van der Waals surface area contributed by atoms with Gasteiger partial charge in [-0.3, -0.25) is 0 Å². The van der Waals surface area contributed by atoms with Gasteiger partial charge in [-0.25, -0.2) is 0 Å². The first-order valence-corrected chi connectivity index (χ1v) is 6.64. The first kappa shape index (κ1) is 13.6. The molecule has 0 amide bonds. The van der Waals surface area contributed by atoms with Crippen molar-refractivity contribution in [2.24, 2.45) is 0 Å². The predicted octanol–water partition coefficient (Wildman–Crippen LogP) is 3.83. The lowest BCUT2D eigenvalue weighted by molar-refractivity contribution is 0.472. The minimum atomic E-state index is 0.516. The summed E-state index contributed by atoms with van der Waals surface area (Å²) >= 11 is 3.39. The van der Waals surface area contributed by atoms with Gasteiger partial charge in [0.1, 0.15) is 17.6 Å². The van der Waals surface area contributed by atoms with Crippen LogP contribution in [-0.2, 0) is 6.54 Å². The maximum atomic E-state index is 9.10. The summed E-state index contributed by atoms with van der Waals surface area (Å²) in [7, 11) is 1.89. The number of para-hydroxylation sites is 1. The van der Waals surface area contributed by atoms with Crippen molar-refractivity contribution in [3.63, 3.8) is 0 Å². The van der Waals surface area contributed by atoms with Crippen LogP contribution in [0.5, 0.6) is 11.5 Å². The van der Waals surface area contributed by atoms with Crippen molar-refractivity contribution in [1.29, 1.82) is 5.26 Å². The van der Waals surface area contributed by atoms with Crippen LogP contribution in [0.2, 0.25) is 0 Å². The lowest BCUT2D eigenvalue weighted by Crippen LogP contribution is -2.06. The topological polar surface area (TPSA) is 45.0 Å². The molecule has 96 valence electrons. The van der Waals surface area contributed by atoms with Gasteiger partial charge in [0.15, 0.2) is 0 Å². The van der Waals surface area contributed by atoms with Crippen molar-refractivity contribution in [1.82, 2.24) is 5.32 Å². The molecule has 3 nitrogen and oxygen atoms in total. The SMILES string of the molecule is CNCc1ccccc1Oc1cc(Br)ccc1C#N. The Hall–Kier alpha value is -1.83. The summed E-state index contributed by atoms with van der Waals surface area (Å²) in [5.74, 6) is 1.31. The van der Waals surface area contributed by atoms with Crippen LogP contribution in [0.3, 0.4) is 0 Å². The van der Waals surface area contributed by atoms with Crippen LogP contribution < -0.4 is 10.1 Å². The van der Waals surface area contributed by atoms with E-state index in [2.05, 4.69) is 27.3 Å². The van der Waals surface area contributed by atoms with Gasteiger partial charge in [0.25, 0.3) is 0 Å². The van der Waals surface area contributed by atoms with E-state index in [9.17, 15) is 0 Å². The normalized spacial score (nSPS) is 9.95. The molecule has 19 heavy (non-hydrogen) atoms. The first-order valence-electron chi connectivity index (χ1n) is 5.84. The average Bonchev–Trinajstić information content (AvgIpc) is 2.42. The smallest absolute Gasteiger partial charge is 0.146 e. The number of hydrogen-bond donors (Lipinski definition) is 1. The molecule has 0 fully saturated rings. The fourth-order valence-corrected chi connectivity index (χ4v) is 2.07. The van der Waals surface area contributed by atoms with Gasteiger partial charge in [-0.15, -0.1) is 0 Å². The number of ether oxygens (including phenoxy) is 1. The van der Waals surface area contributed by atoms with Crippen LogP contribution in [-0.4, -0.2) is 7.05 Å². The van der Waals surface area contributed by atoms with Gasteiger partial charge < -0.3 is 10.1 Å². The Kier molecular flexibility index (Phi) is 4.56. The lowest BCUT2D eigenvalue weighted by atomic mass is 10.2. The number of hydrogen-bond acceptors (Lipinski definition) is 3. The highest BCUT2D eigenvalue weighted by molar-refractivity contribution is 9.10. The second kappa shape index (κ2) is 6.37. The molecule has 2 rings (SSSR count). The number of halogens is 1. The quantitative estimate of drug-likeness (QED) is 0.932. The van der Waals surface area contributed by atoms with Gasteiger partial charge >= 0.3 is 0 Å². The van der Waals surface area contributed by atoms with Crippen LogP contribution in [0, 0.1) is 11.3 Å². The molecule has 0 aromatic heterocycles. The third-order valence-electron chi connectivity index (χ3n) is 2.62. The number of nitriles is 1. The summed E-state index contributed by atoms with van der Waals surface area (Å²) < 4.78 is 6.75. The van der Waals surface area contributed by atoms with Crippen LogP contribution in [0.1, 0.15) is 11.1 Å². The minimum Gasteiger partial charge on any atom is -0.456 e. The summed E-state index contributed by atoms with van der Waals surface area (Å²) in [5.41, 5.74) is 1.57. The molecule has 4 heteroatoms. The van der Waals surface area contributed by atoms with E-state index in [0.717, 1.165) is 15.8 Å². The number of nitrogens with one attached hydrogen (secondary N) is 1. The predicted molar refractivity (Wildman–Crippen MR) is 78.1 cm³/mol. The third-order valence-corrected chi connectivity index (χ3v) is 3.12. The zero-order valence-corrected chi connectivity index (χ0v) is 12.1. The molecule has 0 heterocycles. The molecule has 0 atom stereocenters. The Morgan fingerprint density at radius 3 is 2.74 bits per heavy atom. The molecule has 0 unspecified atom stereocenters. The second-order valence-corrected chi connectivity index (χ2v) is 4.91. The molecule has 2 aromatic carbocycles. The van der Waals surface area contributed by atoms with Gasteiger partial charge in [-0.2, -0.15) is 5.26 Å². The van der Waals surface area contributed by atoms with Crippen LogP contribution in [0.15, 0.2) is 46.9 Å². The summed E-state index contributed by atoms with van der Waals surface area (Å²) in [4.78, 5) is 0. The third kappa shape index (κ3) is 3.34. The molecule has 0 bridgehead atoms. The van der Waals surface area contributed by atoms with Crippen molar-refractivity contribution in [2.45, 2.75) is 6.54 Å². The lowest BCUT2D eigenvalue weighted by Gasteiger charge is -2.12. The molecule has 1 N–H and O–H groups in total. The van der Waals surface area contributed by atoms with E-state index in [4.69, 9.17) is 10.00 Å². The Labute approximate surface area is 121 Å². The first-order chi connectivity index (χ1) is 9.24. The van der Waals surface area contributed by atoms with E-state index in [1.807, 2.05) is 37.4 Å². The highest BCUT2D eigenvalue weighted by Gasteiger charge is 2.08. The van der Waals surface area contributed by atoms with Crippen molar-refractivity contribution in [3.8, 4) is 17.6 Å². The molecule has 0 saturated heterocycles. The van der Waals surface area contributed by atoms with E-state index >= 15 is 0 Å². The second-order valence-electron chi connectivity index (χ2n) is 3.99. The Morgan fingerprint density at radius 2 is 2.00 bits per heavy atom. The average molecular weight is 317 g/mol. The van der Waals surface area contributed by atoms with Gasteiger partial charge in [-0.1, -0.05) is 34.1 Å². The molecular weight excluding hydrogens is 304 g/mol. The Balaban J connectivity index is 2.36. The van der Waals surface area contributed by atoms with Crippen LogP contribution in [0.4, 0.5) is 0 Å². The van der Waals surface area contributed by atoms with Crippen molar-refractivity contribution >= 4 is 15.9 Å². The Morgan fingerprint density at radius 1 is 1.21 bits per heavy atom. The highest BCUT2D eigenvalue weighted by atomic mass is 79.9. The zero-order valence-electron chi connectivity index (χ0n) is 10.5. The largest absolute Gasteiger partial charge is 0.456 e. The van der Waals surface area contributed by atoms with Crippen molar-refractivity contribution < 1.29 is 4.74 Å². The van der Waals surface area contributed by atoms with E-state index < -0.39 is 0 Å².